The third-order valence-electron chi connectivity index (χ3n) is 4.29. The molecule has 150 valence electrons. The number of para-hydroxylation sites is 1. The highest BCUT2D eigenvalue weighted by Gasteiger charge is 2.13. The number of pyridine rings is 1. The largest absolute Gasteiger partial charge is 0.493 e. The number of amides is 2. The minimum Gasteiger partial charge on any atom is -0.493 e. The summed E-state index contributed by atoms with van der Waals surface area (Å²) in [7, 11) is 4.76. The zero-order chi connectivity index (χ0) is 20.8. The Hall–Kier alpha value is -3.61. The van der Waals surface area contributed by atoms with Crippen molar-refractivity contribution < 1.29 is 19.1 Å². The molecule has 0 radical (unpaired) electrons. The number of fused-ring (bicyclic) bond motifs is 1. The molecule has 0 saturated carbocycles. The third kappa shape index (κ3) is 5.22. The zero-order valence-corrected chi connectivity index (χ0v) is 16.6. The van der Waals surface area contributed by atoms with Crippen molar-refractivity contribution in [3.05, 3.63) is 60.3 Å². The SMILES string of the molecule is COc1ccc(NC(=O)CC(=O)N(C)C)cc1OCc1ccc2ccccc2n1. The van der Waals surface area contributed by atoms with E-state index in [1.165, 1.54) is 4.90 Å². The summed E-state index contributed by atoms with van der Waals surface area (Å²) in [5, 5.41) is 3.77. The Labute approximate surface area is 169 Å². The van der Waals surface area contributed by atoms with Crippen LogP contribution in [0.15, 0.2) is 54.6 Å². The molecule has 29 heavy (non-hydrogen) atoms. The smallest absolute Gasteiger partial charge is 0.233 e. The van der Waals surface area contributed by atoms with E-state index in [9.17, 15) is 9.59 Å². The normalized spacial score (nSPS) is 10.4. The maximum Gasteiger partial charge on any atom is 0.233 e. The molecule has 0 atom stereocenters. The number of methoxy groups -OCH3 is 1. The van der Waals surface area contributed by atoms with E-state index in [2.05, 4.69) is 10.3 Å². The van der Waals surface area contributed by atoms with Gasteiger partial charge in [-0.05, 0) is 24.3 Å². The number of hydrogen-bond donors (Lipinski definition) is 1. The van der Waals surface area contributed by atoms with E-state index in [4.69, 9.17) is 9.47 Å². The summed E-state index contributed by atoms with van der Waals surface area (Å²) in [6.07, 6.45) is -0.226. The predicted molar refractivity (Wildman–Crippen MR) is 111 cm³/mol. The number of nitrogens with one attached hydrogen (secondary N) is 1. The van der Waals surface area contributed by atoms with Gasteiger partial charge in [-0.3, -0.25) is 9.59 Å². The number of hydrogen-bond acceptors (Lipinski definition) is 5. The summed E-state index contributed by atoms with van der Waals surface area (Å²) in [5.41, 5.74) is 2.19. The number of benzene rings is 2. The van der Waals surface area contributed by atoms with Crippen LogP contribution in [0.4, 0.5) is 5.69 Å². The molecule has 0 aliphatic rings. The van der Waals surface area contributed by atoms with Crippen molar-refractivity contribution in [1.29, 1.82) is 0 Å². The zero-order valence-electron chi connectivity index (χ0n) is 16.6. The highest BCUT2D eigenvalue weighted by atomic mass is 16.5. The number of ether oxygens (including phenoxy) is 2. The second-order valence-corrected chi connectivity index (χ2v) is 6.66. The number of carbonyl (C=O) groups is 2. The van der Waals surface area contributed by atoms with Crippen LogP contribution in [0, 0.1) is 0 Å². The molecule has 1 aromatic heterocycles. The Bertz CT molecular complexity index is 1030. The Morgan fingerprint density at radius 2 is 1.83 bits per heavy atom. The first-order valence-electron chi connectivity index (χ1n) is 9.12. The first-order chi connectivity index (χ1) is 14.0. The Kier molecular flexibility index (Phi) is 6.29. The van der Waals surface area contributed by atoms with E-state index < -0.39 is 5.91 Å². The molecule has 0 aliphatic heterocycles. The van der Waals surface area contributed by atoms with Gasteiger partial charge in [0.2, 0.25) is 11.8 Å². The van der Waals surface area contributed by atoms with Crippen molar-refractivity contribution in [2.75, 3.05) is 26.5 Å². The molecule has 0 spiro atoms. The van der Waals surface area contributed by atoms with E-state index in [1.54, 1.807) is 39.4 Å². The van der Waals surface area contributed by atoms with Gasteiger partial charge < -0.3 is 19.7 Å². The number of nitrogens with zero attached hydrogens (tertiary/aromatic N) is 2. The Morgan fingerprint density at radius 3 is 2.59 bits per heavy atom. The predicted octanol–water partition coefficient (Wildman–Crippen LogP) is 3.24. The summed E-state index contributed by atoms with van der Waals surface area (Å²) >= 11 is 0. The number of rotatable bonds is 7. The second-order valence-electron chi connectivity index (χ2n) is 6.66. The summed E-state index contributed by atoms with van der Waals surface area (Å²) in [5.74, 6) is 0.346. The molecular formula is C22H23N3O4. The van der Waals surface area contributed by atoms with Gasteiger partial charge in [0, 0.05) is 31.2 Å². The lowest BCUT2D eigenvalue weighted by Crippen LogP contribution is -2.27. The van der Waals surface area contributed by atoms with E-state index in [1.807, 2.05) is 36.4 Å². The molecule has 7 heteroatoms. The van der Waals surface area contributed by atoms with Crippen molar-refractivity contribution in [2.45, 2.75) is 13.0 Å². The number of anilines is 1. The van der Waals surface area contributed by atoms with E-state index in [-0.39, 0.29) is 18.9 Å². The summed E-state index contributed by atoms with van der Waals surface area (Å²) in [4.78, 5) is 29.7. The molecule has 0 unspecified atom stereocenters. The lowest BCUT2D eigenvalue weighted by atomic mass is 10.2. The quantitative estimate of drug-likeness (QED) is 0.624. The molecule has 3 rings (SSSR count). The van der Waals surface area contributed by atoms with Gasteiger partial charge in [-0.1, -0.05) is 24.3 Å². The molecule has 0 saturated heterocycles. The molecule has 1 heterocycles. The topological polar surface area (TPSA) is 80.8 Å². The maximum absolute atomic E-state index is 12.1. The van der Waals surface area contributed by atoms with Gasteiger partial charge in [-0.25, -0.2) is 4.98 Å². The lowest BCUT2D eigenvalue weighted by molar-refractivity contribution is -0.132. The monoisotopic (exact) mass is 393 g/mol. The van der Waals surface area contributed by atoms with E-state index >= 15 is 0 Å². The molecule has 7 nitrogen and oxygen atoms in total. The van der Waals surface area contributed by atoms with Crippen LogP contribution < -0.4 is 14.8 Å². The fourth-order valence-electron chi connectivity index (χ4n) is 2.71. The van der Waals surface area contributed by atoms with Crippen molar-refractivity contribution in [2.24, 2.45) is 0 Å². The lowest BCUT2D eigenvalue weighted by Gasteiger charge is -2.14. The average Bonchev–Trinajstić information content (AvgIpc) is 2.72. The van der Waals surface area contributed by atoms with E-state index in [0.29, 0.717) is 17.2 Å². The van der Waals surface area contributed by atoms with Crippen LogP contribution in [0.25, 0.3) is 10.9 Å². The van der Waals surface area contributed by atoms with Crippen LogP contribution >= 0.6 is 0 Å². The molecule has 2 aromatic carbocycles. The highest BCUT2D eigenvalue weighted by Crippen LogP contribution is 2.31. The van der Waals surface area contributed by atoms with E-state index in [0.717, 1.165) is 16.6 Å². The van der Waals surface area contributed by atoms with Gasteiger partial charge in [-0.15, -0.1) is 0 Å². The highest BCUT2D eigenvalue weighted by molar-refractivity contribution is 6.03. The van der Waals surface area contributed by atoms with Gasteiger partial charge in [-0.2, -0.15) is 0 Å². The van der Waals surface area contributed by atoms with Gasteiger partial charge in [0.1, 0.15) is 13.0 Å². The summed E-state index contributed by atoms with van der Waals surface area (Å²) in [6.45, 7) is 0.248. The van der Waals surface area contributed by atoms with Crippen molar-refractivity contribution in [3.63, 3.8) is 0 Å². The Morgan fingerprint density at radius 1 is 1.03 bits per heavy atom. The maximum atomic E-state index is 12.1. The minimum absolute atomic E-state index is 0.226. The first kappa shape index (κ1) is 20.1. The molecule has 2 amide bonds. The van der Waals surface area contributed by atoms with Crippen LogP contribution in [0.1, 0.15) is 12.1 Å². The molecule has 0 bridgehead atoms. The fraction of sp³-hybridized carbons (Fsp3) is 0.227. The van der Waals surface area contributed by atoms with Crippen molar-refractivity contribution >= 4 is 28.4 Å². The van der Waals surface area contributed by atoms with Crippen LogP contribution in [0.2, 0.25) is 0 Å². The fourth-order valence-corrected chi connectivity index (χ4v) is 2.71. The second kappa shape index (κ2) is 9.05. The standard InChI is InChI=1S/C22H23N3O4/c1-25(2)22(27)13-21(26)24-16-10-11-19(28-3)20(12-16)29-14-17-9-8-15-6-4-5-7-18(15)23-17/h4-12H,13-14H2,1-3H3,(H,24,26). The Balaban J connectivity index is 1.71. The van der Waals surface area contributed by atoms with Crippen LogP contribution in [-0.2, 0) is 16.2 Å². The van der Waals surface area contributed by atoms with Gasteiger partial charge in [0.25, 0.3) is 0 Å². The minimum atomic E-state index is -0.393. The molecule has 1 N–H and O–H groups in total. The third-order valence-corrected chi connectivity index (χ3v) is 4.29. The van der Waals surface area contributed by atoms with Crippen LogP contribution in [-0.4, -0.2) is 42.9 Å². The summed E-state index contributed by atoms with van der Waals surface area (Å²) in [6, 6.07) is 16.8. The molecule has 3 aromatic rings. The summed E-state index contributed by atoms with van der Waals surface area (Å²) < 4.78 is 11.2. The van der Waals surface area contributed by atoms with Crippen LogP contribution in [0.3, 0.4) is 0 Å². The molecule has 0 fully saturated rings. The molecule has 0 aliphatic carbocycles. The molecular weight excluding hydrogens is 370 g/mol. The van der Waals surface area contributed by atoms with Crippen LogP contribution in [0.5, 0.6) is 11.5 Å². The van der Waals surface area contributed by atoms with Crippen molar-refractivity contribution in [3.8, 4) is 11.5 Å². The number of carbonyl (C=O) groups excluding carboxylic acids is 2. The van der Waals surface area contributed by atoms with Gasteiger partial charge in [0.05, 0.1) is 18.3 Å². The van der Waals surface area contributed by atoms with Crippen molar-refractivity contribution in [1.82, 2.24) is 9.88 Å². The average molecular weight is 393 g/mol. The van der Waals surface area contributed by atoms with Gasteiger partial charge >= 0.3 is 0 Å². The first-order valence-corrected chi connectivity index (χ1v) is 9.12. The number of aromatic nitrogens is 1. The van der Waals surface area contributed by atoms with Gasteiger partial charge in [0.15, 0.2) is 11.5 Å².